The van der Waals surface area contributed by atoms with Gasteiger partial charge in [-0.25, -0.2) is 4.79 Å². The van der Waals surface area contributed by atoms with Gasteiger partial charge in [-0.3, -0.25) is 4.79 Å². The summed E-state index contributed by atoms with van der Waals surface area (Å²) in [5.41, 5.74) is 2.65. The fraction of sp³-hybridized carbons (Fsp3) is 0.176. The molecule has 0 bridgehead atoms. The molecule has 0 fully saturated rings. The van der Waals surface area contributed by atoms with Crippen LogP contribution in [0.2, 0.25) is 0 Å². The fourth-order valence-corrected chi connectivity index (χ4v) is 2.02. The number of nitrogens with zero attached hydrogens (tertiary/aromatic N) is 1. The number of hydrogen-bond donors (Lipinski definition) is 1. The molecule has 1 N–H and O–H groups in total. The van der Waals surface area contributed by atoms with Gasteiger partial charge in [0.25, 0.3) is 5.91 Å². The number of hydrogen-bond acceptors (Lipinski definition) is 2. The molecule has 21 heavy (non-hydrogen) atoms. The Morgan fingerprint density at radius 2 is 1.48 bits per heavy atom. The van der Waals surface area contributed by atoms with Crippen molar-refractivity contribution < 1.29 is 14.7 Å². The number of carbonyl (C=O) groups is 2. The van der Waals surface area contributed by atoms with Crippen LogP contribution >= 0.6 is 0 Å². The lowest BCUT2D eigenvalue weighted by molar-refractivity contribution is 0.0696. The lowest BCUT2D eigenvalue weighted by atomic mass is 10.1. The zero-order chi connectivity index (χ0) is 15.4. The number of anilines is 1. The van der Waals surface area contributed by atoms with Crippen LogP contribution in [-0.2, 0) is 6.42 Å². The highest BCUT2D eigenvalue weighted by molar-refractivity contribution is 6.06. The molecule has 2 aromatic rings. The smallest absolute Gasteiger partial charge is 0.335 e. The largest absolute Gasteiger partial charge is 0.478 e. The van der Waals surface area contributed by atoms with E-state index in [4.69, 9.17) is 5.11 Å². The van der Waals surface area contributed by atoms with Crippen LogP contribution in [-0.4, -0.2) is 24.0 Å². The molecule has 0 saturated carbocycles. The van der Waals surface area contributed by atoms with Crippen molar-refractivity contribution in [3.8, 4) is 0 Å². The van der Waals surface area contributed by atoms with Crippen molar-refractivity contribution in [2.45, 2.75) is 13.3 Å². The number of aryl methyl sites for hydroxylation is 1. The van der Waals surface area contributed by atoms with E-state index in [-0.39, 0.29) is 11.5 Å². The second-order valence-corrected chi connectivity index (χ2v) is 4.77. The molecule has 0 unspecified atom stereocenters. The first kappa shape index (κ1) is 14.8. The van der Waals surface area contributed by atoms with E-state index in [9.17, 15) is 9.59 Å². The summed E-state index contributed by atoms with van der Waals surface area (Å²) in [6.45, 7) is 2.08. The summed E-state index contributed by atoms with van der Waals surface area (Å²) >= 11 is 0. The molecular weight excluding hydrogens is 266 g/mol. The van der Waals surface area contributed by atoms with E-state index < -0.39 is 5.97 Å². The predicted octanol–water partition coefficient (Wildman–Crippen LogP) is 3.22. The number of aromatic carboxylic acids is 1. The van der Waals surface area contributed by atoms with Crippen LogP contribution in [0.5, 0.6) is 0 Å². The van der Waals surface area contributed by atoms with E-state index >= 15 is 0 Å². The third kappa shape index (κ3) is 3.28. The van der Waals surface area contributed by atoms with Gasteiger partial charge in [0, 0.05) is 18.3 Å². The minimum absolute atomic E-state index is 0.168. The average molecular weight is 283 g/mol. The fourth-order valence-electron chi connectivity index (χ4n) is 2.02. The predicted molar refractivity (Wildman–Crippen MR) is 82.0 cm³/mol. The Balaban J connectivity index is 2.19. The Bertz CT molecular complexity index is 645. The zero-order valence-electron chi connectivity index (χ0n) is 12.0. The summed E-state index contributed by atoms with van der Waals surface area (Å²) in [4.78, 5) is 24.7. The molecule has 0 aliphatic heterocycles. The Morgan fingerprint density at radius 1 is 0.952 bits per heavy atom. The summed E-state index contributed by atoms with van der Waals surface area (Å²) in [6.07, 6.45) is 0.953. The van der Waals surface area contributed by atoms with Gasteiger partial charge in [0.05, 0.1) is 5.56 Å². The van der Waals surface area contributed by atoms with Gasteiger partial charge in [-0.15, -0.1) is 0 Å². The third-order valence-corrected chi connectivity index (χ3v) is 3.42. The van der Waals surface area contributed by atoms with Crippen molar-refractivity contribution in [2.75, 3.05) is 11.9 Å². The molecule has 0 aromatic heterocycles. The highest BCUT2D eigenvalue weighted by Gasteiger charge is 2.14. The molecule has 4 nitrogen and oxygen atoms in total. The molecule has 0 aliphatic rings. The van der Waals surface area contributed by atoms with Crippen LogP contribution in [0.15, 0.2) is 48.5 Å². The van der Waals surface area contributed by atoms with E-state index in [1.807, 2.05) is 24.3 Å². The maximum absolute atomic E-state index is 12.4. The van der Waals surface area contributed by atoms with Crippen LogP contribution < -0.4 is 4.90 Å². The molecule has 2 rings (SSSR count). The van der Waals surface area contributed by atoms with Gasteiger partial charge in [0.1, 0.15) is 0 Å². The van der Waals surface area contributed by atoms with E-state index in [0.717, 1.165) is 12.1 Å². The van der Waals surface area contributed by atoms with E-state index in [1.165, 1.54) is 29.8 Å². The number of carboxylic acid groups (broad SMARTS) is 1. The Labute approximate surface area is 123 Å². The monoisotopic (exact) mass is 283 g/mol. The molecule has 0 aliphatic carbocycles. The van der Waals surface area contributed by atoms with Crippen LogP contribution in [0.4, 0.5) is 5.69 Å². The summed E-state index contributed by atoms with van der Waals surface area (Å²) in [5, 5.41) is 8.86. The van der Waals surface area contributed by atoms with Gasteiger partial charge >= 0.3 is 5.97 Å². The number of rotatable bonds is 4. The first-order valence-corrected chi connectivity index (χ1v) is 6.73. The molecule has 4 heteroatoms. The number of benzene rings is 2. The molecule has 0 heterocycles. The van der Waals surface area contributed by atoms with E-state index in [0.29, 0.717) is 5.56 Å². The lowest BCUT2D eigenvalue weighted by Crippen LogP contribution is -2.26. The number of amides is 1. The van der Waals surface area contributed by atoms with Crippen molar-refractivity contribution in [1.82, 2.24) is 0 Å². The van der Waals surface area contributed by atoms with Crippen molar-refractivity contribution >= 4 is 17.6 Å². The molecule has 0 saturated heterocycles. The van der Waals surface area contributed by atoms with E-state index in [2.05, 4.69) is 6.92 Å². The van der Waals surface area contributed by atoms with Gasteiger partial charge < -0.3 is 10.0 Å². The minimum atomic E-state index is -1.00. The molecule has 0 radical (unpaired) electrons. The van der Waals surface area contributed by atoms with Crippen molar-refractivity contribution in [3.63, 3.8) is 0 Å². The second kappa shape index (κ2) is 6.22. The molecule has 2 aromatic carbocycles. The normalized spacial score (nSPS) is 10.2. The highest BCUT2D eigenvalue weighted by atomic mass is 16.4. The molecule has 108 valence electrons. The highest BCUT2D eigenvalue weighted by Crippen LogP contribution is 2.17. The topological polar surface area (TPSA) is 57.6 Å². The third-order valence-electron chi connectivity index (χ3n) is 3.42. The average Bonchev–Trinajstić information content (AvgIpc) is 2.53. The summed E-state index contributed by atoms with van der Waals surface area (Å²) in [7, 11) is 1.70. The summed E-state index contributed by atoms with van der Waals surface area (Å²) < 4.78 is 0. The lowest BCUT2D eigenvalue weighted by Gasteiger charge is -2.17. The molecular formula is C17H17NO3. The van der Waals surface area contributed by atoms with Crippen LogP contribution in [0.3, 0.4) is 0 Å². The van der Waals surface area contributed by atoms with Crippen LogP contribution in [0.25, 0.3) is 0 Å². The SMILES string of the molecule is CCc1ccc(N(C)C(=O)c2ccc(C(=O)O)cc2)cc1. The first-order valence-electron chi connectivity index (χ1n) is 6.73. The second-order valence-electron chi connectivity index (χ2n) is 4.77. The summed E-state index contributed by atoms with van der Waals surface area (Å²) in [5.74, 6) is -1.17. The Morgan fingerprint density at radius 3 is 1.95 bits per heavy atom. The summed E-state index contributed by atoms with van der Waals surface area (Å²) in [6, 6.07) is 13.7. The van der Waals surface area contributed by atoms with Gasteiger partial charge in [-0.2, -0.15) is 0 Å². The number of carboxylic acids is 1. The van der Waals surface area contributed by atoms with Crippen molar-refractivity contribution in [3.05, 3.63) is 65.2 Å². The minimum Gasteiger partial charge on any atom is -0.478 e. The Hall–Kier alpha value is -2.62. The zero-order valence-corrected chi connectivity index (χ0v) is 12.0. The first-order chi connectivity index (χ1) is 10.0. The van der Waals surface area contributed by atoms with Gasteiger partial charge in [0.2, 0.25) is 0 Å². The molecule has 1 amide bonds. The van der Waals surface area contributed by atoms with Gasteiger partial charge in [-0.1, -0.05) is 19.1 Å². The van der Waals surface area contributed by atoms with Crippen LogP contribution in [0.1, 0.15) is 33.2 Å². The standard InChI is InChI=1S/C17H17NO3/c1-3-12-4-10-15(11-5-12)18(2)16(19)13-6-8-14(9-7-13)17(20)21/h4-11H,3H2,1-2H3,(H,20,21). The maximum atomic E-state index is 12.4. The van der Waals surface area contributed by atoms with E-state index in [1.54, 1.807) is 11.9 Å². The number of carbonyl (C=O) groups excluding carboxylic acids is 1. The van der Waals surface area contributed by atoms with Crippen molar-refractivity contribution in [2.24, 2.45) is 0 Å². The molecule has 0 atom stereocenters. The maximum Gasteiger partial charge on any atom is 0.335 e. The van der Waals surface area contributed by atoms with Crippen molar-refractivity contribution in [1.29, 1.82) is 0 Å². The Kier molecular flexibility index (Phi) is 4.38. The molecule has 0 spiro atoms. The van der Waals surface area contributed by atoms with Gasteiger partial charge in [-0.05, 0) is 48.4 Å². The van der Waals surface area contributed by atoms with Gasteiger partial charge in [0.15, 0.2) is 0 Å². The van der Waals surface area contributed by atoms with Crippen LogP contribution in [0, 0.1) is 0 Å². The quantitative estimate of drug-likeness (QED) is 0.937.